The van der Waals surface area contributed by atoms with Gasteiger partial charge in [-0.2, -0.15) is 0 Å². The van der Waals surface area contributed by atoms with Crippen LogP contribution in [-0.2, 0) is 13.0 Å². The van der Waals surface area contributed by atoms with Crippen molar-refractivity contribution in [2.24, 2.45) is 4.99 Å². The van der Waals surface area contributed by atoms with E-state index in [4.69, 9.17) is 9.47 Å². The van der Waals surface area contributed by atoms with E-state index in [1.807, 2.05) is 56.3 Å². The Labute approximate surface area is 184 Å². The molecule has 8 nitrogen and oxygen atoms in total. The molecule has 0 aromatic heterocycles. The molecule has 2 rings (SSSR count). The Bertz CT molecular complexity index is 866. The van der Waals surface area contributed by atoms with Gasteiger partial charge in [0.1, 0.15) is 0 Å². The topological polar surface area (TPSA) is 96.0 Å². The fourth-order valence-corrected chi connectivity index (χ4v) is 2.90. The average Bonchev–Trinajstić information content (AvgIpc) is 2.76. The highest BCUT2D eigenvalue weighted by atomic mass is 16.5. The molecule has 0 aliphatic carbocycles. The molecule has 0 aliphatic heterocycles. The lowest BCUT2D eigenvalue weighted by Crippen LogP contribution is -2.37. The second-order valence-electron chi connectivity index (χ2n) is 7.24. The molecule has 0 bridgehead atoms. The van der Waals surface area contributed by atoms with Crippen molar-refractivity contribution in [1.82, 2.24) is 16.0 Å². The number of nitrogens with zero attached hydrogens (tertiary/aromatic N) is 1. The maximum atomic E-state index is 11.8. The Hall–Kier alpha value is -3.42. The van der Waals surface area contributed by atoms with Gasteiger partial charge in [0.05, 0.1) is 14.2 Å². The smallest absolute Gasteiger partial charge is 0.319 e. The van der Waals surface area contributed by atoms with Crippen LogP contribution < -0.4 is 30.7 Å². The normalized spacial score (nSPS) is 11.1. The highest BCUT2D eigenvalue weighted by Gasteiger charge is 2.06. The highest BCUT2D eigenvalue weighted by Crippen LogP contribution is 2.27. The minimum atomic E-state index is -0.208. The summed E-state index contributed by atoms with van der Waals surface area (Å²) in [6.45, 7) is 5.18. The lowest BCUT2D eigenvalue weighted by molar-refractivity contribution is 0.250. The fraction of sp³-hybridized carbons (Fsp3) is 0.391. The molecule has 2 aromatic carbocycles. The number of methoxy groups -OCH3 is 2. The summed E-state index contributed by atoms with van der Waals surface area (Å²) in [6.07, 6.45) is 0.819. The summed E-state index contributed by atoms with van der Waals surface area (Å²) >= 11 is 0. The molecule has 4 N–H and O–H groups in total. The first kappa shape index (κ1) is 23.9. The van der Waals surface area contributed by atoms with Crippen molar-refractivity contribution < 1.29 is 14.3 Å². The van der Waals surface area contributed by atoms with Gasteiger partial charge in [0.25, 0.3) is 0 Å². The molecule has 2 amide bonds. The Morgan fingerprint density at radius 3 is 2.26 bits per heavy atom. The number of anilines is 1. The second-order valence-corrected chi connectivity index (χ2v) is 7.24. The van der Waals surface area contributed by atoms with Gasteiger partial charge in [0, 0.05) is 31.9 Å². The van der Waals surface area contributed by atoms with Crippen molar-refractivity contribution in [3.63, 3.8) is 0 Å². The first-order valence-corrected chi connectivity index (χ1v) is 10.3. The number of carbonyl (C=O) groups is 1. The van der Waals surface area contributed by atoms with Crippen molar-refractivity contribution >= 4 is 17.7 Å². The zero-order valence-electron chi connectivity index (χ0n) is 18.9. The number of carbonyl (C=O) groups excluding carboxylic acids is 1. The number of nitrogens with one attached hydrogen (secondary N) is 4. The number of guanidine groups is 1. The molecule has 168 valence electrons. The molecule has 0 fully saturated rings. The van der Waals surface area contributed by atoms with Crippen LogP contribution in [0.3, 0.4) is 0 Å². The zero-order chi connectivity index (χ0) is 22.6. The van der Waals surface area contributed by atoms with Crippen LogP contribution >= 0.6 is 0 Å². The summed E-state index contributed by atoms with van der Waals surface area (Å²) < 4.78 is 10.6. The largest absolute Gasteiger partial charge is 0.493 e. The lowest BCUT2D eigenvalue weighted by Gasteiger charge is -2.14. The van der Waals surface area contributed by atoms with Gasteiger partial charge >= 0.3 is 6.03 Å². The van der Waals surface area contributed by atoms with Crippen LogP contribution in [0.1, 0.15) is 25.0 Å². The quantitative estimate of drug-likeness (QED) is 0.364. The highest BCUT2D eigenvalue weighted by molar-refractivity contribution is 5.89. The molecular weight excluding hydrogens is 394 g/mol. The van der Waals surface area contributed by atoms with Crippen LogP contribution in [0.25, 0.3) is 0 Å². The number of amides is 2. The SMILES string of the molecule is CN=C(NCCc1ccc(OC)c(OC)c1)NCc1ccc(NC(=O)NC(C)C)cc1. The van der Waals surface area contributed by atoms with Crippen LogP contribution in [0.4, 0.5) is 10.5 Å². The van der Waals surface area contributed by atoms with E-state index in [0.717, 1.165) is 47.2 Å². The Morgan fingerprint density at radius 2 is 1.65 bits per heavy atom. The van der Waals surface area contributed by atoms with Crippen LogP contribution in [0.5, 0.6) is 11.5 Å². The fourth-order valence-electron chi connectivity index (χ4n) is 2.90. The van der Waals surface area contributed by atoms with Crippen molar-refractivity contribution in [2.45, 2.75) is 32.9 Å². The number of hydrogen-bond acceptors (Lipinski definition) is 4. The maximum absolute atomic E-state index is 11.8. The van der Waals surface area contributed by atoms with E-state index in [1.165, 1.54) is 0 Å². The summed E-state index contributed by atoms with van der Waals surface area (Å²) in [5.74, 6) is 2.17. The van der Waals surface area contributed by atoms with E-state index in [0.29, 0.717) is 6.54 Å². The standard InChI is InChI=1S/C23H33N5O3/c1-16(2)27-23(29)28-19-9-6-18(7-10-19)15-26-22(24-3)25-13-12-17-8-11-20(30-4)21(14-17)31-5/h6-11,14,16H,12-13,15H2,1-5H3,(H2,24,25,26)(H2,27,28,29). The minimum Gasteiger partial charge on any atom is -0.493 e. The van der Waals surface area contributed by atoms with Gasteiger partial charge in [-0.25, -0.2) is 4.79 Å². The van der Waals surface area contributed by atoms with Crippen molar-refractivity contribution in [2.75, 3.05) is 33.1 Å². The maximum Gasteiger partial charge on any atom is 0.319 e. The van der Waals surface area contributed by atoms with Gasteiger partial charge in [-0.15, -0.1) is 0 Å². The molecule has 0 atom stereocenters. The van der Waals surface area contributed by atoms with E-state index >= 15 is 0 Å². The minimum absolute atomic E-state index is 0.0921. The first-order valence-electron chi connectivity index (χ1n) is 10.3. The molecule has 8 heteroatoms. The summed E-state index contributed by atoms with van der Waals surface area (Å²) in [7, 11) is 5.00. The van der Waals surface area contributed by atoms with E-state index < -0.39 is 0 Å². The number of rotatable bonds is 9. The molecule has 0 saturated heterocycles. The second kappa shape index (κ2) is 12.3. The van der Waals surface area contributed by atoms with Gasteiger partial charge in [-0.1, -0.05) is 18.2 Å². The molecule has 31 heavy (non-hydrogen) atoms. The van der Waals surface area contributed by atoms with Gasteiger partial charge < -0.3 is 30.7 Å². The summed E-state index contributed by atoms with van der Waals surface area (Å²) in [6, 6.07) is 13.5. The molecule has 0 radical (unpaired) electrons. The van der Waals surface area contributed by atoms with Crippen LogP contribution in [0.2, 0.25) is 0 Å². The number of urea groups is 1. The molecule has 0 aliphatic rings. The summed E-state index contributed by atoms with van der Waals surface area (Å²) in [5, 5.41) is 12.2. The molecule has 0 saturated carbocycles. The molecule has 0 spiro atoms. The number of hydrogen-bond donors (Lipinski definition) is 4. The van der Waals surface area contributed by atoms with Gasteiger partial charge in [0.2, 0.25) is 0 Å². The van der Waals surface area contributed by atoms with Crippen LogP contribution in [0.15, 0.2) is 47.5 Å². The molecule has 0 unspecified atom stereocenters. The molecule has 2 aromatic rings. The number of ether oxygens (including phenoxy) is 2. The predicted molar refractivity (Wildman–Crippen MR) is 125 cm³/mol. The predicted octanol–water partition coefficient (Wildman–Crippen LogP) is 3.14. The average molecular weight is 428 g/mol. The van der Waals surface area contributed by atoms with E-state index in [9.17, 15) is 4.79 Å². The van der Waals surface area contributed by atoms with Gasteiger partial charge in [-0.05, 0) is 55.7 Å². The van der Waals surface area contributed by atoms with Crippen molar-refractivity contribution in [1.29, 1.82) is 0 Å². The van der Waals surface area contributed by atoms with Gasteiger partial charge in [0.15, 0.2) is 17.5 Å². The third-order valence-corrected chi connectivity index (χ3v) is 4.47. The first-order chi connectivity index (χ1) is 14.9. The summed E-state index contributed by atoms with van der Waals surface area (Å²) in [5.41, 5.74) is 2.97. The van der Waals surface area contributed by atoms with E-state index in [2.05, 4.69) is 26.3 Å². The summed E-state index contributed by atoms with van der Waals surface area (Å²) in [4.78, 5) is 16.0. The van der Waals surface area contributed by atoms with E-state index in [-0.39, 0.29) is 12.1 Å². The number of benzene rings is 2. The molecule has 0 heterocycles. The Balaban J connectivity index is 1.79. The Morgan fingerprint density at radius 1 is 0.968 bits per heavy atom. The monoisotopic (exact) mass is 427 g/mol. The van der Waals surface area contributed by atoms with Crippen LogP contribution in [-0.4, -0.2) is 45.8 Å². The lowest BCUT2D eigenvalue weighted by atomic mass is 10.1. The Kier molecular flexibility index (Phi) is 9.48. The van der Waals surface area contributed by atoms with Gasteiger partial charge in [-0.3, -0.25) is 4.99 Å². The van der Waals surface area contributed by atoms with E-state index in [1.54, 1.807) is 21.3 Å². The third-order valence-electron chi connectivity index (χ3n) is 4.47. The third kappa shape index (κ3) is 8.08. The number of aliphatic imine (C=N–C) groups is 1. The van der Waals surface area contributed by atoms with Crippen molar-refractivity contribution in [3.8, 4) is 11.5 Å². The zero-order valence-corrected chi connectivity index (χ0v) is 18.9. The van der Waals surface area contributed by atoms with Crippen molar-refractivity contribution in [3.05, 3.63) is 53.6 Å². The molecular formula is C23H33N5O3. The van der Waals surface area contributed by atoms with Crippen LogP contribution in [0, 0.1) is 0 Å².